The zero-order chi connectivity index (χ0) is 20.3. The molecule has 2 heterocycles. The van der Waals surface area contributed by atoms with Gasteiger partial charge >= 0.3 is 6.36 Å². The first-order valence-corrected chi connectivity index (χ1v) is 8.06. The van der Waals surface area contributed by atoms with Crippen LogP contribution >= 0.6 is 0 Å². The summed E-state index contributed by atoms with van der Waals surface area (Å²) in [6.45, 7) is 0. The first-order chi connectivity index (χ1) is 13.2. The van der Waals surface area contributed by atoms with Gasteiger partial charge in [-0.25, -0.2) is 10.5 Å². The molecule has 2 aromatic rings. The number of hydrogen-bond acceptors (Lipinski definition) is 6. The monoisotopic (exact) mass is 395 g/mol. The predicted octanol–water partition coefficient (Wildman–Crippen LogP) is 3.18. The molecule has 1 aromatic carbocycles. The quantitative estimate of drug-likeness (QED) is 0.839. The van der Waals surface area contributed by atoms with E-state index in [-0.39, 0.29) is 23.2 Å². The summed E-state index contributed by atoms with van der Waals surface area (Å²) in [5.74, 6) is 0.119. The molecule has 0 unspecified atom stereocenters. The maximum Gasteiger partial charge on any atom is 0.573 e. The molecule has 0 saturated heterocycles. The van der Waals surface area contributed by atoms with Crippen molar-refractivity contribution >= 4 is 5.91 Å². The van der Waals surface area contributed by atoms with Crippen molar-refractivity contribution in [3.8, 4) is 11.5 Å². The zero-order valence-corrected chi connectivity index (χ0v) is 14.9. The summed E-state index contributed by atoms with van der Waals surface area (Å²) < 4.78 is 46.0. The highest BCUT2D eigenvalue weighted by molar-refractivity contribution is 5.91. The van der Waals surface area contributed by atoms with E-state index in [4.69, 9.17) is 9.57 Å². The highest BCUT2D eigenvalue weighted by atomic mass is 19.4. The van der Waals surface area contributed by atoms with Gasteiger partial charge in [0.1, 0.15) is 23.3 Å². The second-order valence-electron chi connectivity index (χ2n) is 5.97. The molecular weight excluding hydrogens is 379 g/mol. The van der Waals surface area contributed by atoms with E-state index in [1.165, 1.54) is 41.4 Å². The van der Waals surface area contributed by atoms with E-state index < -0.39 is 12.5 Å². The Balaban J connectivity index is 1.63. The summed E-state index contributed by atoms with van der Waals surface area (Å²) in [4.78, 5) is 22.6. The van der Waals surface area contributed by atoms with Gasteiger partial charge in [-0.2, -0.15) is 0 Å². The summed E-state index contributed by atoms with van der Waals surface area (Å²) in [6.07, 6.45) is -2.29. The van der Waals surface area contributed by atoms with Gasteiger partial charge in [-0.1, -0.05) is 12.1 Å². The van der Waals surface area contributed by atoms with Crippen molar-refractivity contribution in [3.63, 3.8) is 0 Å². The van der Waals surface area contributed by atoms with Crippen LogP contribution in [0.4, 0.5) is 13.2 Å². The second kappa shape index (κ2) is 7.77. The van der Waals surface area contributed by atoms with Gasteiger partial charge in [-0.3, -0.25) is 9.63 Å². The maximum atomic E-state index is 12.2. The van der Waals surface area contributed by atoms with Crippen molar-refractivity contribution < 1.29 is 32.3 Å². The van der Waals surface area contributed by atoms with Gasteiger partial charge < -0.3 is 14.4 Å². The molecule has 10 heteroatoms. The Morgan fingerprint density at radius 1 is 1.14 bits per heavy atom. The van der Waals surface area contributed by atoms with E-state index >= 15 is 0 Å². The Morgan fingerprint density at radius 2 is 1.82 bits per heavy atom. The van der Waals surface area contributed by atoms with Gasteiger partial charge in [0.05, 0.1) is 6.20 Å². The fraction of sp³-hybridized carbons (Fsp3) is 0.222. The lowest BCUT2D eigenvalue weighted by molar-refractivity contribution is -0.274. The number of carbonyl (C=O) groups excluding carboxylic acids is 1. The van der Waals surface area contributed by atoms with E-state index in [1.807, 2.05) is 0 Å². The van der Waals surface area contributed by atoms with E-state index in [9.17, 15) is 18.0 Å². The van der Waals surface area contributed by atoms with Crippen molar-refractivity contribution in [2.45, 2.75) is 12.5 Å². The van der Waals surface area contributed by atoms with Crippen molar-refractivity contribution in [1.82, 2.24) is 15.4 Å². The SMILES string of the molecule is CN(C)C(=O)c1ccc(OC2=C[C@H](c3ccc(OC(F)(F)F)cc3)ON2)cn1. The molecule has 28 heavy (non-hydrogen) atoms. The Morgan fingerprint density at radius 3 is 2.39 bits per heavy atom. The predicted molar refractivity (Wildman–Crippen MR) is 91.1 cm³/mol. The molecule has 1 aliphatic heterocycles. The third kappa shape index (κ3) is 4.92. The summed E-state index contributed by atoms with van der Waals surface area (Å²) in [7, 11) is 3.25. The van der Waals surface area contributed by atoms with Crippen LogP contribution in [0.25, 0.3) is 0 Å². The average Bonchev–Trinajstić information content (AvgIpc) is 3.09. The second-order valence-corrected chi connectivity index (χ2v) is 5.97. The van der Waals surface area contributed by atoms with E-state index in [0.29, 0.717) is 11.3 Å². The highest BCUT2D eigenvalue weighted by Gasteiger charge is 2.31. The molecule has 1 atom stereocenters. The number of ether oxygens (including phenoxy) is 2. The van der Waals surface area contributed by atoms with Crippen molar-refractivity contribution in [2.75, 3.05) is 14.1 Å². The average molecular weight is 395 g/mol. The third-order valence-corrected chi connectivity index (χ3v) is 3.62. The number of nitrogens with one attached hydrogen (secondary N) is 1. The number of halogens is 3. The number of carbonyl (C=O) groups is 1. The van der Waals surface area contributed by atoms with Gasteiger partial charge in [0.15, 0.2) is 0 Å². The molecule has 1 aromatic heterocycles. The van der Waals surface area contributed by atoms with Crippen molar-refractivity contribution in [2.24, 2.45) is 0 Å². The number of amides is 1. The molecule has 0 radical (unpaired) electrons. The van der Waals surface area contributed by atoms with Crippen LogP contribution in [0.3, 0.4) is 0 Å². The largest absolute Gasteiger partial charge is 0.573 e. The van der Waals surface area contributed by atoms with Crippen LogP contribution in [0.2, 0.25) is 0 Å². The smallest absolute Gasteiger partial charge is 0.438 e. The van der Waals surface area contributed by atoms with Gasteiger partial charge in [0.25, 0.3) is 5.91 Å². The van der Waals surface area contributed by atoms with Crippen LogP contribution in [-0.4, -0.2) is 36.2 Å². The molecule has 3 rings (SSSR count). The molecule has 148 valence electrons. The van der Waals surface area contributed by atoms with Crippen LogP contribution in [0.5, 0.6) is 11.5 Å². The minimum absolute atomic E-state index is 0.230. The van der Waals surface area contributed by atoms with Gasteiger partial charge in [-0.15, -0.1) is 13.2 Å². The third-order valence-electron chi connectivity index (χ3n) is 3.62. The van der Waals surface area contributed by atoms with Gasteiger partial charge in [0.2, 0.25) is 5.88 Å². The van der Waals surface area contributed by atoms with E-state index in [2.05, 4.69) is 15.2 Å². The van der Waals surface area contributed by atoms with Crippen molar-refractivity contribution in [1.29, 1.82) is 0 Å². The van der Waals surface area contributed by atoms with Gasteiger partial charge in [-0.05, 0) is 29.8 Å². The summed E-state index contributed by atoms with van der Waals surface area (Å²) in [5.41, 5.74) is 3.47. The number of rotatable bonds is 5. The lowest BCUT2D eigenvalue weighted by Crippen LogP contribution is -2.22. The standard InChI is InChI=1S/C18H16F3N3O4/c1-24(2)17(25)14-8-7-13(10-22-14)26-16-9-15(28-23-16)11-3-5-12(6-4-11)27-18(19,20)21/h3-10,15,23H,1-2H3/t15-/m1/s1. The highest BCUT2D eigenvalue weighted by Crippen LogP contribution is 2.28. The van der Waals surface area contributed by atoms with Crippen LogP contribution < -0.4 is 15.0 Å². The molecular formula is C18H16F3N3O4. The number of alkyl halides is 3. The first kappa shape index (κ1) is 19.5. The van der Waals surface area contributed by atoms with E-state index in [1.54, 1.807) is 26.2 Å². The Hall–Kier alpha value is -3.27. The molecule has 1 N–H and O–H groups in total. The first-order valence-electron chi connectivity index (χ1n) is 8.06. The number of pyridine rings is 1. The van der Waals surface area contributed by atoms with Crippen LogP contribution in [0, 0.1) is 0 Å². The lowest BCUT2D eigenvalue weighted by atomic mass is 10.1. The van der Waals surface area contributed by atoms with E-state index in [0.717, 1.165) is 0 Å². The molecule has 1 amide bonds. The topological polar surface area (TPSA) is 72.9 Å². The number of aromatic nitrogens is 1. The maximum absolute atomic E-state index is 12.2. The zero-order valence-electron chi connectivity index (χ0n) is 14.9. The minimum Gasteiger partial charge on any atom is -0.438 e. The molecule has 0 aliphatic carbocycles. The molecule has 7 nitrogen and oxygen atoms in total. The Bertz CT molecular complexity index is 865. The number of hydrogen-bond donors (Lipinski definition) is 1. The van der Waals surface area contributed by atoms with Crippen molar-refractivity contribution in [3.05, 3.63) is 65.8 Å². The minimum atomic E-state index is -4.74. The van der Waals surface area contributed by atoms with Crippen LogP contribution in [-0.2, 0) is 4.84 Å². The number of hydroxylamine groups is 1. The Kier molecular flexibility index (Phi) is 5.41. The molecule has 1 aliphatic rings. The molecule has 0 saturated carbocycles. The van der Waals surface area contributed by atoms with Crippen LogP contribution in [0.1, 0.15) is 22.2 Å². The molecule has 0 fully saturated rings. The fourth-order valence-electron chi connectivity index (χ4n) is 2.33. The fourth-order valence-corrected chi connectivity index (χ4v) is 2.33. The summed E-state index contributed by atoms with van der Waals surface area (Å²) >= 11 is 0. The summed E-state index contributed by atoms with van der Waals surface area (Å²) in [6, 6.07) is 8.42. The van der Waals surface area contributed by atoms with Crippen LogP contribution in [0.15, 0.2) is 54.6 Å². The normalized spacial score (nSPS) is 16.2. The molecule has 0 spiro atoms. The molecule has 0 bridgehead atoms. The lowest BCUT2D eigenvalue weighted by Gasteiger charge is -2.11. The number of benzene rings is 1. The van der Waals surface area contributed by atoms with Gasteiger partial charge in [0, 0.05) is 20.2 Å². The summed E-state index contributed by atoms with van der Waals surface area (Å²) in [5, 5.41) is 0. The Labute approximate surface area is 158 Å². The number of nitrogens with zero attached hydrogens (tertiary/aromatic N) is 2.